The highest BCUT2D eigenvalue weighted by atomic mass is 79.9. The summed E-state index contributed by atoms with van der Waals surface area (Å²) in [6.45, 7) is 0. The molecule has 1 N–H and O–H groups in total. The molecule has 4 heteroatoms. The number of hydrogen-bond acceptors (Lipinski definition) is 1. The van der Waals surface area contributed by atoms with Gasteiger partial charge in [-0.2, -0.15) is 0 Å². The van der Waals surface area contributed by atoms with Gasteiger partial charge in [-0.1, -0.05) is 15.9 Å². The SMILES string of the molecule is Fc1cc(Br)cc(-c2cnc[nH]2)c1. The summed E-state index contributed by atoms with van der Waals surface area (Å²) in [5.74, 6) is -0.265. The number of halogens is 2. The Balaban J connectivity index is 2.53. The summed E-state index contributed by atoms with van der Waals surface area (Å²) in [5, 5.41) is 0. The molecule has 0 aliphatic heterocycles. The van der Waals surface area contributed by atoms with E-state index in [1.807, 2.05) is 6.07 Å². The van der Waals surface area contributed by atoms with Crippen LogP contribution < -0.4 is 0 Å². The number of nitrogens with one attached hydrogen (secondary N) is 1. The minimum absolute atomic E-state index is 0.265. The molecule has 0 spiro atoms. The molecule has 66 valence electrons. The predicted molar refractivity (Wildman–Crippen MR) is 51.7 cm³/mol. The molecular weight excluding hydrogens is 235 g/mol. The maximum absolute atomic E-state index is 13.0. The smallest absolute Gasteiger partial charge is 0.125 e. The number of aromatic amines is 1. The normalized spacial score (nSPS) is 10.3. The Morgan fingerprint density at radius 1 is 1.31 bits per heavy atom. The van der Waals surface area contributed by atoms with Crippen LogP contribution in [0.25, 0.3) is 11.3 Å². The van der Waals surface area contributed by atoms with E-state index in [0.717, 1.165) is 15.7 Å². The second-order valence-electron chi connectivity index (χ2n) is 2.62. The van der Waals surface area contributed by atoms with Gasteiger partial charge < -0.3 is 4.98 Å². The molecular formula is C9H6BrFN2. The summed E-state index contributed by atoms with van der Waals surface area (Å²) < 4.78 is 13.7. The van der Waals surface area contributed by atoms with Crippen molar-refractivity contribution >= 4 is 15.9 Å². The maximum Gasteiger partial charge on any atom is 0.125 e. The lowest BCUT2D eigenvalue weighted by Gasteiger charge is -1.98. The second kappa shape index (κ2) is 3.30. The molecule has 0 saturated carbocycles. The number of nitrogens with zero attached hydrogens (tertiary/aromatic N) is 1. The van der Waals surface area contributed by atoms with E-state index in [1.54, 1.807) is 12.5 Å². The molecule has 0 aliphatic carbocycles. The van der Waals surface area contributed by atoms with Crippen LogP contribution in [-0.2, 0) is 0 Å². The van der Waals surface area contributed by atoms with Gasteiger partial charge in [-0.25, -0.2) is 9.37 Å². The van der Waals surface area contributed by atoms with Crippen molar-refractivity contribution in [1.29, 1.82) is 0 Å². The molecule has 0 radical (unpaired) electrons. The third kappa shape index (κ3) is 1.78. The molecule has 0 aliphatic rings. The third-order valence-corrected chi connectivity index (χ3v) is 2.13. The Morgan fingerprint density at radius 3 is 2.77 bits per heavy atom. The van der Waals surface area contributed by atoms with Crippen LogP contribution in [-0.4, -0.2) is 9.97 Å². The molecule has 0 saturated heterocycles. The standard InChI is InChI=1S/C9H6BrFN2/c10-7-1-6(2-8(11)3-7)9-4-12-5-13-9/h1-5H,(H,12,13). The molecule has 2 nitrogen and oxygen atoms in total. The van der Waals surface area contributed by atoms with Crippen LogP contribution in [0.3, 0.4) is 0 Å². The van der Waals surface area contributed by atoms with E-state index in [2.05, 4.69) is 25.9 Å². The minimum Gasteiger partial charge on any atom is -0.345 e. The summed E-state index contributed by atoms with van der Waals surface area (Å²) in [7, 11) is 0. The zero-order chi connectivity index (χ0) is 9.26. The first-order chi connectivity index (χ1) is 6.25. The summed E-state index contributed by atoms with van der Waals surface area (Å²) in [4.78, 5) is 6.77. The second-order valence-corrected chi connectivity index (χ2v) is 3.54. The molecule has 0 bridgehead atoms. The fourth-order valence-electron chi connectivity index (χ4n) is 1.12. The zero-order valence-electron chi connectivity index (χ0n) is 6.59. The highest BCUT2D eigenvalue weighted by Crippen LogP contribution is 2.22. The Kier molecular flexibility index (Phi) is 2.14. The van der Waals surface area contributed by atoms with E-state index in [0.29, 0.717) is 0 Å². The largest absolute Gasteiger partial charge is 0.345 e. The molecule has 1 aromatic heterocycles. The molecule has 2 aromatic rings. The number of aromatic nitrogens is 2. The summed E-state index contributed by atoms with van der Waals surface area (Å²) >= 11 is 3.22. The van der Waals surface area contributed by atoms with E-state index >= 15 is 0 Å². The van der Waals surface area contributed by atoms with Crippen molar-refractivity contribution in [3.05, 3.63) is 41.0 Å². The van der Waals surface area contributed by atoms with Crippen molar-refractivity contribution in [2.75, 3.05) is 0 Å². The van der Waals surface area contributed by atoms with Crippen LogP contribution in [0, 0.1) is 5.82 Å². The molecule has 1 heterocycles. The van der Waals surface area contributed by atoms with Crippen molar-refractivity contribution in [1.82, 2.24) is 9.97 Å². The number of hydrogen-bond donors (Lipinski definition) is 1. The Hall–Kier alpha value is -1.16. The topological polar surface area (TPSA) is 28.7 Å². The Morgan fingerprint density at radius 2 is 2.15 bits per heavy atom. The molecule has 2 rings (SSSR count). The van der Waals surface area contributed by atoms with Crippen LogP contribution in [0.1, 0.15) is 0 Å². The van der Waals surface area contributed by atoms with Crippen LogP contribution in [0.2, 0.25) is 0 Å². The Bertz CT molecular complexity index is 391. The average molecular weight is 241 g/mol. The number of imidazole rings is 1. The van der Waals surface area contributed by atoms with Gasteiger partial charge in [0.05, 0.1) is 18.2 Å². The van der Waals surface area contributed by atoms with E-state index in [1.165, 1.54) is 12.1 Å². The van der Waals surface area contributed by atoms with Crippen LogP contribution in [0.15, 0.2) is 35.2 Å². The third-order valence-electron chi connectivity index (χ3n) is 1.67. The quantitative estimate of drug-likeness (QED) is 0.816. The van der Waals surface area contributed by atoms with Gasteiger partial charge in [0.25, 0.3) is 0 Å². The first-order valence-electron chi connectivity index (χ1n) is 3.70. The van der Waals surface area contributed by atoms with Crippen molar-refractivity contribution in [3.8, 4) is 11.3 Å². The van der Waals surface area contributed by atoms with Crippen LogP contribution >= 0.6 is 15.9 Å². The molecule has 1 aromatic carbocycles. The molecule has 13 heavy (non-hydrogen) atoms. The van der Waals surface area contributed by atoms with Gasteiger partial charge in [-0.15, -0.1) is 0 Å². The van der Waals surface area contributed by atoms with Gasteiger partial charge in [0.2, 0.25) is 0 Å². The molecule has 0 atom stereocenters. The highest BCUT2D eigenvalue weighted by Gasteiger charge is 2.02. The number of rotatable bonds is 1. The van der Waals surface area contributed by atoms with Crippen molar-refractivity contribution in [3.63, 3.8) is 0 Å². The lowest BCUT2D eigenvalue weighted by Crippen LogP contribution is -1.80. The van der Waals surface area contributed by atoms with Gasteiger partial charge >= 0.3 is 0 Å². The predicted octanol–water partition coefficient (Wildman–Crippen LogP) is 2.98. The van der Waals surface area contributed by atoms with E-state index in [9.17, 15) is 4.39 Å². The van der Waals surface area contributed by atoms with E-state index in [4.69, 9.17) is 0 Å². The lowest BCUT2D eigenvalue weighted by molar-refractivity contribution is 0.627. The van der Waals surface area contributed by atoms with E-state index in [-0.39, 0.29) is 5.82 Å². The minimum atomic E-state index is -0.265. The molecule has 0 fully saturated rings. The fraction of sp³-hybridized carbons (Fsp3) is 0. The number of benzene rings is 1. The van der Waals surface area contributed by atoms with Gasteiger partial charge in [0, 0.05) is 10.0 Å². The van der Waals surface area contributed by atoms with Crippen molar-refractivity contribution in [2.45, 2.75) is 0 Å². The monoisotopic (exact) mass is 240 g/mol. The average Bonchev–Trinajstić information content (AvgIpc) is 2.53. The summed E-state index contributed by atoms with van der Waals surface area (Å²) in [6.07, 6.45) is 3.22. The molecule has 0 amide bonds. The van der Waals surface area contributed by atoms with Gasteiger partial charge in [-0.3, -0.25) is 0 Å². The van der Waals surface area contributed by atoms with Gasteiger partial charge in [0.15, 0.2) is 0 Å². The number of H-pyrrole nitrogens is 1. The lowest BCUT2D eigenvalue weighted by atomic mass is 10.2. The first kappa shape index (κ1) is 8.44. The van der Waals surface area contributed by atoms with Crippen molar-refractivity contribution < 1.29 is 4.39 Å². The molecule has 0 unspecified atom stereocenters. The maximum atomic E-state index is 13.0. The van der Waals surface area contributed by atoms with Gasteiger partial charge in [-0.05, 0) is 18.2 Å². The summed E-state index contributed by atoms with van der Waals surface area (Å²) in [6, 6.07) is 4.70. The zero-order valence-corrected chi connectivity index (χ0v) is 8.18. The first-order valence-corrected chi connectivity index (χ1v) is 4.50. The highest BCUT2D eigenvalue weighted by molar-refractivity contribution is 9.10. The Labute approximate surface area is 83.0 Å². The van der Waals surface area contributed by atoms with Gasteiger partial charge in [0.1, 0.15) is 5.82 Å². The van der Waals surface area contributed by atoms with Crippen molar-refractivity contribution in [2.24, 2.45) is 0 Å². The van der Waals surface area contributed by atoms with E-state index < -0.39 is 0 Å². The summed E-state index contributed by atoms with van der Waals surface area (Å²) in [5.41, 5.74) is 1.59. The fourth-order valence-corrected chi connectivity index (χ4v) is 1.59. The van der Waals surface area contributed by atoms with Crippen LogP contribution in [0.5, 0.6) is 0 Å². The van der Waals surface area contributed by atoms with Crippen LogP contribution in [0.4, 0.5) is 4.39 Å².